The van der Waals surface area contributed by atoms with Gasteiger partial charge in [-0.1, -0.05) is 30.3 Å². The Hall–Kier alpha value is -2.31. The minimum atomic E-state index is -0.949. The molecule has 4 nitrogen and oxygen atoms in total. The van der Waals surface area contributed by atoms with Gasteiger partial charge in [-0.05, 0) is 35.2 Å². The quantitative estimate of drug-likeness (QED) is 0.756. The second-order valence-electron chi connectivity index (χ2n) is 5.30. The van der Waals surface area contributed by atoms with E-state index >= 15 is 0 Å². The molecule has 1 amide bonds. The lowest BCUT2D eigenvalue weighted by molar-refractivity contribution is -0.122. The monoisotopic (exact) mass is 319 g/mol. The lowest BCUT2D eigenvalue weighted by atomic mass is 10.1. The molecule has 0 aliphatic rings. The molecule has 0 aliphatic carbocycles. The van der Waals surface area contributed by atoms with Gasteiger partial charge < -0.3 is 16.8 Å². The van der Waals surface area contributed by atoms with E-state index in [1.54, 1.807) is 0 Å². The van der Waals surface area contributed by atoms with Gasteiger partial charge in [-0.25, -0.2) is 8.78 Å². The van der Waals surface area contributed by atoms with E-state index in [1.807, 2.05) is 24.3 Å². The molecule has 122 valence electrons. The van der Waals surface area contributed by atoms with Crippen LogP contribution in [0.4, 0.5) is 8.78 Å². The molecule has 2 rings (SSSR count). The van der Waals surface area contributed by atoms with Crippen LogP contribution in [0, 0.1) is 11.6 Å². The molecule has 0 fully saturated rings. The zero-order valence-corrected chi connectivity index (χ0v) is 12.6. The van der Waals surface area contributed by atoms with Crippen LogP contribution in [0.25, 0.3) is 0 Å². The predicted octanol–water partition coefficient (Wildman–Crippen LogP) is 1.61. The maximum atomic E-state index is 13.1. The number of carbonyl (C=O) groups excluding carboxylic acids is 1. The van der Waals surface area contributed by atoms with Crippen molar-refractivity contribution in [3.63, 3.8) is 0 Å². The number of nitrogens with two attached hydrogens (primary N) is 2. The highest BCUT2D eigenvalue weighted by molar-refractivity contribution is 5.81. The summed E-state index contributed by atoms with van der Waals surface area (Å²) in [6.45, 7) is 0.806. The summed E-state index contributed by atoms with van der Waals surface area (Å²) in [5.41, 5.74) is 13.7. The first-order valence-corrected chi connectivity index (χ1v) is 7.24. The number of hydrogen-bond acceptors (Lipinski definition) is 3. The van der Waals surface area contributed by atoms with Crippen molar-refractivity contribution in [1.29, 1.82) is 0 Å². The second kappa shape index (κ2) is 7.80. The summed E-state index contributed by atoms with van der Waals surface area (Å²) < 4.78 is 26.0. The number of halogens is 2. The molecule has 0 bridgehead atoms. The zero-order valence-electron chi connectivity index (χ0n) is 12.6. The van der Waals surface area contributed by atoms with Gasteiger partial charge >= 0.3 is 0 Å². The maximum absolute atomic E-state index is 13.1. The van der Waals surface area contributed by atoms with E-state index in [0.717, 1.165) is 23.3 Å². The third-order valence-electron chi connectivity index (χ3n) is 3.50. The molecule has 0 spiro atoms. The minimum absolute atomic E-state index is 0.134. The van der Waals surface area contributed by atoms with E-state index < -0.39 is 17.7 Å². The maximum Gasteiger partial charge on any atom is 0.237 e. The normalized spacial score (nSPS) is 12.0. The molecule has 0 saturated carbocycles. The van der Waals surface area contributed by atoms with Crippen molar-refractivity contribution < 1.29 is 13.6 Å². The van der Waals surface area contributed by atoms with Gasteiger partial charge in [0.15, 0.2) is 11.6 Å². The van der Waals surface area contributed by atoms with Gasteiger partial charge in [0.25, 0.3) is 0 Å². The smallest absolute Gasteiger partial charge is 0.237 e. The summed E-state index contributed by atoms with van der Waals surface area (Å²) in [7, 11) is 0. The lowest BCUT2D eigenvalue weighted by Crippen LogP contribution is -2.41. The van der Waals surface area contributed by atoms with Gasteiger partial charge in [0.05, 0.1) is 6.04 Å². The van der Waals surface area contributed by atoms with Gasteiger partial charge in [0.1, 0.15) is 0 Å². The summed E-state index contributed by atoms with van der Waals surface area (Å²) in [6.07, 6.45) is 0.134. The Morgan fingerprint density at radius 2 is 1.61 bits per heavy atom. The lowest BCUT2D eigenvalue weighted by Gasteiger charge is -2.13. The Balaban J connectivity index is 1.87. The molecule has 5 N–H and O–H groups in total. The van der Waals surface area contributed by atoms with Crippen molar-refractivity contribution in [3.05, 3.63) is 70.8 Å². The van der Waals surface area contributed by atoms with Crippen LogP contribution in [0.1, 0.15) is 16.7 Å². The van der Waals surface area contributed by atoms with Crippen molar-refractivity contribution in [3.8, 4) is 0 Å². The number of hydrogen-bond donors (Lipinski definition) is 3. The highest BCUT2D eigenvalue weighted by Gasteiger charge is 2.15. The fourth-order valence-corrected chi connectivity index (χ4v) is 2.13. The molecular weight excluding hydrogens is 300 g/mol. The number of amides is 1. The molecular formula is C17H19F2N3O. The van der Waals surface area contributed by atoms with E-state index in [0.29, 0.717) is 18.7 Å². The Bertz CT molecular complexity index is 674. The molecule has 0 saturated heterocycles. The molecule has 2 aromatic rings. The van der Waals surface area contributed by atoms with Crippen LogP contribution in [0.15, 0.2) is 42.5 Å². The highest BCUT2D eigenvalue weighted by atomic mass is 19.2. The van der Waals surface area contributed by atoms with Crippen molar-refractivity contribution in [1.82, 2.24) is 5.32 Å². The number of nitrogens with one attached hydrogen (secondary N) is 1. The first-order valence-electron chi connectivity index (χ1n) is 7.24. The topological polar surface area (TPSA) is 81.1 Å². The van der Waals surface area contributed by atoms with Gasteiger partial charge in [0.2, 0.25) is 5.91 Å². The first kappa shape index (κ1) is 17.1. The van der Waals surface area contributed by atoms with Crippen molar-refractivity contribution in [2.75, 3.05) is 0 Å². The highest BCUT2D eigenvalue weighted by Crippen LogP contribution is 2.10. The Labute approximate surface area is 133 Å². The molecule has 1 atom stereocenters. The average molecular weight is 319 g/mol. The minimum Gasteiger partial charge on any atom is -0.351 e. The summed E-state index contributed by atoms with van der Waals surface area (Å²) >= 11 is 0. The Kier molecular flexibility index (Phi) is 5.78. The summed E-state index contributed by atoms with van der Waals surface area (Å²) in [5.74, 6) is -2.22. The van der Waals surface area contributed by atoms with E-state index in [1.165, 1.54) is 6.07 Å². The van der Waals surface area contributed by atoms with Crippen LogP contribution in [-0.4, -0.2) is 11.9 Å². The molecule has 0 heterocycles. The Morgan fingerprint density at radius 1 is 1.00 bits per heavy atom. The molecule has 23 heavy (non-hydrogen) atoms. The van der Waals surface area contributed by atoms with Crippen LogP contribution in [-0.2, 0) is 24.3 Å². The molecule has 0 unspecified atom stereocenters. The van der Waals surface area contributed by atoms with Crippen LogP contribution in [0.2, 0.25) is 0 Å². The van der Waals surface area contributed by atoms with Crippen molar-refractivity contribution >= 4 is 5.91 Å². The van der Waals surface area contributed by atoms with Crippen LogP contribution >= 0.6 is 0 Å². The standard InChI is InChI=1S/C17H19F2N3O/c18-14-6-5-13(7-15(14)19)8-16(21)17(23)22-10-12-3-1-11(9-20)2-4-12/h1-7,16H,8-10,20-21H2,(H,22,23)/t16-/m0/s1. The van der Waals surface area contributed by atoms with Crippen molar-refractivity contribution in [2.24, 2.45) is 11.5 Å². The average Bonchev–Trinajstić information content (AvgIpc) is 2.56. The summed E-state index contributed by atoms with van der Waals surface area (Å²) in [4.78, 5) is 12.0. The molecule has 0 aliphatic heterocycles. The van der Waals surface area contributed by atoms with Crippen LogP contribution < -0.4 is 16.8 Å². The molecule has 6 heteroatoms. The van der Waals surface area contributed by atoms with E-state index in [9.17, 15) is 13.6 Å². The molecule has 0 aromatic heterocycles. The largest absolute Gasteiger partial charge is 0.351 e. The second-order valence-corrected chi connectivity index (χ2v) is 5.30. The fraction of sp³-hybridized carbons (Fsp3) is 0.235. The van der Waals surface area contributed by atoms with Crippen LogP contribution in [0.5, 0.6) is 0 Å². The number of carbonyl (C=O) groups is 1. The molecule has 2 aromatic carbocycles. The van der Waals surface area contributed by atoms with E-state index in [2.05, 4.69) is 5.32 Å². The number of benzene rings is 2. The van der Waals surface area contributed by atoms with Gasteiger partial charge in [0, 0.05) is 13.1 Å². The first-order chi connectivity index (χ1) is 11.0. The van der Waals surface area contributed by atoms with Gasteiger partial charge in [-0.2, -0.15) is 0 Å². The van der Waals surface area contributed by atoms with E-state index in [4.69, 9.17) is 11.5 Å². The van der Waals surface area contributed by atoms with Gasteiger partial charge in [-0.15, -0.1) is 0 Å². The third kappa shape index (κ3) is 4.84. The summed E-state index contributed by atoms with van der Waals surface area (Å²) in [6, 6.07) is 10.2. The molecule has 0 radical (unpaired) electrons. The van der Waals surface area contributed by atoms with Gasteiger partial charge in [-0.3, -0.25) is 4.79 Å². The predicted molar refractivity (Wildman–Crippen MR) is 84.2 cm³/mol. The van der Waals surface area contributed by atoms with Crippen LogP contribution in [0.3, 0.4) is 0 Å². The number of rotatable bonds is 6. The SMILES string of the molecule is NCc1ccc(CNC(=O)[C@@H](N)Cc2ccc(F)c(F)c2)cc1. The van der Waals surface area contributed by atoms with Crippen molar-refractivity contribution in [2.45, 2.75) is 25.6 Å². The zero-order chi connectivity index (χ0) is 16.8. The fourth-order valence-electron chi connectivity index (χ4n) is 2.13. The Morgan fingerprint density at radius 3 is 2.22 bits per heavy atom. The van der Waals surface area contributed by atoms with E-state index in [-0.39, 0.29) is 12.3 Å². The third-order valence-corrected chi connectivity index (χ3v) is 3.50. The summed E-state index contributed by atoms with van der Waals surface area (Å²) in [5, 5.41) is 2.72.